The number of amides is 2. The first-order valence-corrected chi connectivity index (χ1v) is 8.60. The topological polar surface area (TPSA) is 51.1 Å². The van der Waals surface area contributed by atoms with Gasteiger partial charge in [0.05, 0.1) is 24.3 Å². The Labute approximate surface area is 146 Å². The Hall–Kier alpha value is -2.66. The molecular weight excluding hydrogens is 316 g/mol. The molecule has 1 saturated carbocycles. The molecule has 1 heterocycles. The summed E-state index contributed by atoms with van der Waals surface area (Å²) in [4.78, 5) is 27.9. The summed E-state index contributed by atoms with van der Waals surface area (Å²) in [5.41, 5.74) is 2.22. The molecule has 0 spiro atoms. The molecule has 1 aliphatic heterocycles. The summed E-state index contributed by atoms with van der Waals surface area (Å²) in [5.74, 6) is 0.485. The molecule has 0 aromatic heterocycles. The normalized spacial score (nSPS) is 17.6. The molecular formula is C20H21N2O3+. The second kappa shape index (κ2) is 6.33. The third kappa shape index (κ3) is 3.03. The molecule has 2 aromatic carbocycles. The lowest BCUT2D eigenvalue weighted by atomic mass is 10.1. The van der Waals surface area contributed by atoms with Gasteiger partial charge in [0.2, 0.25) is 0 Å². The second-order valence-corrected chi connectivity index (χ2v) is 6.70. The minimum Gasteiger partial charge on any atom is -0.497 e. The van der Waals surface area contributed by atoms with Gasteiger partial charge in [0, 0.05) is 18.4 Å². The average Bonchev–Trinajstić information content (AvgIpc) is 3.46. The zero-order chi connectivity index (χ0) is 17.4. The van der Waals surface area contributed by atoms with Crippen molar-refractivity contribution in [2.24, 2.45) is 0 Å². The van der Waals surface area contributed by atoms with E-state index in [0.29, 0.717) is 23.8 Å². The minimum atomic E-state index is -0.173. The first-order valence-electron chi connectivity index (χ1n) is 8.60. The number of nitrogens with zero attached hydrogens (tertiary/aromatic N) is 1. The van der Waals surface area contributed by atoms with E-state index in [1.807, 2.05) is 24.3 Å². The van der Waals surface area contributed by atoms with Crippen LogP contribution in [0.15, 0.2) is 48.5 Å². The fourth-order valence-corrected chi connectivity index (χ4v) is 3.41. The van der Waals surface area contributed by atoms with Gasteiger partial charge in [-0.25, -0.2) is 4.90 Å². The number of hydrogen-bond acceptors (Lipinski definition) is 3. The van der Waals surface area contributed by atoms with E-state index in [-0.39, 0.29) is 11.8 Å². The summed E-state index contributed by atoms with van der Waals surface area (Å²) in [6.07, 6.45) is 2.29. The highest BCUT2D eigenvalue weighted by Crippen LogP contribution is 2.22. The summed E-state index contributed by atoms with van der Waals surface area (Å²) in [6.45, 7) is 1.21. The number of carbonyl (C=O) groups excluding carboxylic acids is 2. The first-order chi connectivity index (χ1) is 12.2. The molecule has 2 aromatic rings. The molecule has 128 valence electrons. The van der Waals surface area contributed by atoms with Gasteiger partial charge in [0.25, 0.3) is 11.8 Å². The summed E-state index contributed by atoms with van der Waals surface area (Å²) >= 11 is 0. The van der Waals surface area contributed by atoms with Crippen molar-refractivity contribution < 1.29 is 19.2 Å². The van der Waals surface area contributed by atoms with Crippen LogP contribution < -0.4 is 9.64 Å². The number of nitrogens with one attached hydrogen (secondary N) is 1. The Balaban J connectivity index is 1.51. The van der Waals surface area contributed by atoms with E-state index in [2.05, 4.69) is 0 Å². The maximum absolute atomic E-state index is 12.6. The van der Waals surface area contributed by atoms with Crippen molar-refractivity contribution in [3.63, 3.8) is 0 Å². The molecule has 0 radical (unpaired) electrons. The molecule has 1 aliphatic carbocycles. The van der Waals surface area contributed by atoms with Crippen LogP contribution in [0.5, 0.6) is 5.75 Å². The fraction of sp³-hybridized carbons (Fsp3) is 0.300. The van der Waals surface area contributed by atoms with Gasteiger partial charge < -0.3 is 9.64 Å². The van der Waals surface area contributed by atoms with Gasteiger partial charge in [-0.3, -0.25) is 9.59 Å². The van der Waals surface area contributed by atoms with E-state index in [9.17, 15) is 9.59 Å². The third-order valence-electron chi connectivity index (χ3n) is 4.98. The van der Waals surface area contributed by atoms with Crippen molar-refractivity contribution in [1.29, 1.82) is 0 Å². The average molecular weight is 337 g/mol. The summed E-state index contributed by atoms with van der Waals surface area (Å²) in [7, 11) is 1.65. The van der Waals surface area contributed by atoms with Crippen LogP contribution >= 0.6 is 0 Å². The van der Waals surface area contributed by atoms with Gasteiger partial charge in [0.15, 0.2) is 6.67 Å². The van der Waals surface area contributed by atoms with Crippen molar-refractivity contribution in [2.45, 2.75) is 25.4 Å². The molecule has 1 fully saturated rings. The quantitative estimate of drug-likeness (QED) is 0.813. The van der Waals surface area contributed by atoms with E-state index < -0.39 is 0 Å². The molecule has 2 amide bonds. The number of benzene rings is 2. The number of fused-ring (bicyclic) bond motifs is 1. The molecule has 5 heteroatoms. The molecule has 1 unspecified atom stereocenters. The van der Waals surface area contributed by atoms with Crippen molar-refractivity contribution >= 4 is 11.8 Å². The Morgan fingerprint density at radius 1 is 1.00 bits per heavy atom. The highest BCUT2D eigenvalue weighted by molar-refractivity contribution is 6.21. The van der Waals surface area contributed by atoms with Crippen LogP contribution in [0.4, 0.5) is 0 Å². The third-order valence-corrected chi connectivity index (χ3v) is 4.98. The highest BCUT2D eigenvalue weighted by Gasteiger charge is 2.41. The number of quaternary nitrogens is 1. The Morgan fingerprint density at radius 3 is 2.12 bits per heavy atom. The highest BCUT2D eigenvalue weighted by atomic mass is 16.5. The predicted octanol–water partition coefficient (Wildman–Crippen LogP) is 1.50. The van der Waals surface area contributed by atoms with Gasteiger partial charge >= 0.3 is 0 Å². The zero-order valence-electron chi connectivity index (χ0n) is 14.2. The van der Waals surface area contributed by atoms with Gasteiger partial charge in [-0.05, 0) is 36.4 Å². The molecule has 0 saturated heterocycles. The van der Waals surface area contributed by atoms with Crippen molar-refractivity contribution in [2.75, 3.05) is 13.8 Å². The first kappa shape index (κ1) is 15.8. The summed E-state index contributed by atoms with van der Waals surface area (Å²) in [6, 6.07) is 15.6. The van der Waals surface area contributed by atoms with Gasteiger partial charge in [-0.1, -0.05) is 12.1 Å². The summed E-state index contributed by atoms with van der Waals surface area (Å²) < 4.78 is 5.20. The van der Waals surface area contributed by atoms with E-state index in [1.54, 1.807) is 31.4 Å². The van der Waals surface area contributed by atoms with Crippen LogP contribution in [0.25, 0.3) is 0 Å². The monoisotopic (exact) mass is 337 g/mol. The van der Waals surface area contributed by atoms with Gasteiger partial charge in [-0.2, -0.15) is 0 Å². The number of ether oxygens (including phenoxy) is 1. The number of hydrogen-bond donors (Lipinski definition) is 1. The lowest BCUT2D eigenvalue weighted by Crippen LogP contribution is -3.13. The number of imide groups is 1. The van der Waals surface area contributed by atoms with Crippen LogP contribution in [-0.4, -0.2) is 36.5 Å². The molecule has 25 heavy (non-hydrogen) atoms. The van der Waals surface area contributed by atoms with Crippen LogP contribution in [0.3, 0.4) is 0 Å². The van der Waals surface area contributed by atoms with Crippen LogP contribution in [0, 0.1) is 0 Å². The Morgan fingerprint density at radius 2 is 1.60 bits per heavy atom. The van der Waals surface area contributed by atoms with Gasteiger partial charge in [-0.15, -0.1) is 0 Å². The Bertz CT molecular complexity index is 777. The maximum Gasteiger partial charge on any atom is 0.265 e. The minimum absolute atomic E-state index is 0.173. The van der Waals surface area contributed by atoms with Crippen molar-refractivity contribution in [3.05, 3.63) is 65.2 Å². The van der Waals surface area contributed by atoms with Gasteiger partial charge in [0.1, 0.15) is 12.3 Å². The number of carbonyl (C=O) groups is 2. The van der Waals surface area contributed by atoms with Crippen LogP contribution in [0.2, 0.25) is 0 Å². The second-order valence-electron chi connectivity index (χ2n) is 6.70. The number of methoxy groups -OCH3 is 1. The molecule has 1 N–H and O–H groups in total. The van der Waals surface area contributed by atoms with Crippen molar-refractivity contribution in [1.82, 2.24) is 4.90 Å². The standard InChI is InChI=1S/C20H20N2O3/c1-25-16-10-6-14(7-11-16)12-21(15-8-9-15)13-22-19(23)17-4-2-3-5-18(17)20(22)24/h2-7,10-11,15H,8-9,12-13H2,1H3/p+1. The zero-order valence-corrected chi connectivity index (χ0v) is 14.2. The molecule has 0 bridgehead atoms. The maximum atomic E-state index is 12.6. The molecule has 1 atom stereocenters. The smallest absolute Gasteiger partial charge is 0.265 e. The summed E-state index contributed by atoms with van der Waals surface area (Å²) in [5, 5.41) is 0. The fourth-order valence-electron chi connectivity index (χ4n) is 3.41. The molecule has 5 nitrogen and oxygen atoms in total. The molecule has 2 aliphatic rings. The largest absolute Gasteiger partial charge is 0.497 e. The van der Waals surface area contributed by atoms with Crippen LogP contribution in [-0.2, 0) is 6.54 Å². The van der Waals surface area contributed by atoms with Crippen molar-refractivity contribution in [3.8, 4) is 5.75 Å². The Kier molecular flexibility index (Phi) is 4.01. The molecule has 4 rings (SSSR count). The van der Waals surface area contributed by atoms with Crippen LogP contribution in [0.1, 0.15) is 39.1 Å². The lowest BCUT2D eigenvalue weighted by molar-refractivity contribution is -0.931. The predicted molar refractivity (Wildman–Crippen MR) is 92.5 cm³/mol. The van der Waals surface area contributed by atoms with E-state index in [0.717, 1.165) is 25.1 Å². The lowest BCUT2D eigenvalue weighted by Gasteiger charge is -2.24. The van der Waals surface area contributed by atoms with E-state index in [1.165, 1.54) is 15.4 Å². The number of rotatable bonds is 6. The van der Waals surface area contributed by atoms with E-state index in [4.69, 9.17) is 4.74 Å². The van der Waals surface area contributed by atoms with E-state index >= 15 is 0 Å². The SMILES string of the molecule is COc1ccc(C[NH+](CN2C(=O)c3ccccc3C2=O)C2CC2)cc1.